The van der Waals surface area contributed by atoms with Crippen molar-refractivity contribution in [2.24, 2.45) is 0 Å². The highest BCUT2D eigenvalue weighted by Crippen LogP contribution is 2.17. The van der Waals surface area contributed by atoms with Crippen LogP contribution in [0.15, 0.2) is 60.8 Å². The third-order valence-corrected chi connectivity index (χ3v) is 3.98. The molecule has 2 aromatic carbocycles. The van der Waals surface area contributed by atoms with Crippen molar-refractivity contribution in [1.82, 2.24) is 25.9 Å². The van der Waals surface area contributed by atoms with E-state index in [1.54, 1.807) is 48.5 Å². The molecule has 0 bridgehead atoms. The number of aromatic hydroxyl groups is 1. The molecule has 1 heterocycles. The average molecular weight is 393 g/mol. The van der Waals surface area contributed by atoms with E-state index in [1.807, 2.05) is 6.07 Å². The molecule has 148 valence electrons. The van der Waals surface area contributed by atoms with Gasteiger partial charge in [0.1, 0.15) is 0 Å². The van der Waals surface area contributed by atoms with Crippen LogP contribution in [0.25, 0.3) is 5.69 Å². The summed E-state index contributed by atoms with van der Waals surface area (Å²) in [5.41, 5.74) is 6.10. The fourth-order valence-electron chi connectivity index (χ4n) is 2.48. The van der Waals surface area contributed by atoms with E-state index in [1.165, 1.54) is 17.8 Å². The smallest absolute Gasteiger partial charge is 0.294 e. The molecule has 0 saturated carbocycles. The van der Waals surface area contributed by atoms with Gasteiger partial charge >= 0.3 is 0 Å². The zero-order valence-corrected chi connectivity index (χ0v) is 15.5. The molecule has 29 heavy (non-hydrogen) atoms. The number of hydrazine groups is 1. The maximum absolute atomic E-state index is 12.2. The zero-order chi connectivity index (χ0) is 20.8. The predicted octanol–water partition coefficient (Wildman–Crippen LogP) is 1.29. The molecule has 1 aromatic heterocycles. The molecule has 3 aromatic rings. The lowest BCUT2D eigenvalue weighted by molar-refractivity contribution is -0.119. The van der Waals surface area contributed by atoms with Crippen LogP contribution >= 0.6 is 0 Å². The van der Waals surface area contributed by atoms with Crippen molar-refractivity contribution in [1.29, 1.82) is 0 Å². The summed E-state index contributed by atoms with van der Waals surface area (Å²) in [6, 6.07) is 15.5. The largest absolute Gasteiger partial charge is 0.504 e. The molecule has 0 radical (unpaired) electrons. The van der Waals surface area contributed by atoms with Crippen LogP contribution in [-0.4, -0.2) is 32.6 Å². The number of nitrogens with one attached hydrogen (secondary N) is 3. The summed E-state index contributed by atoms with van der Waals surface area (Å²) in [6.45, 7) is 1.78. The number of carbonyl (C=O) groups excluding carboxylic acids is 3. The van der Waals surface area contributed by atoms with E-state index >= 15 is 0 Å². The van der Waals surface area contributed by atoms with E-state index in [-0.39, 0.29) is 17.4 Å². The first kappa shape index (κ1) is 19.6. The van der Waals surface area contributed by atoms with Gasteiger partial charge in [-0.15, -0.1) is 0 Å². The molecule has 3 amide bonds. The van der Waals surface area contributed by atoms with Crippen molar-refractivity contribution in [2.75, 3.05) is 0 Å². The van der Waals surface area contributed by atoms with Gasteiger partial charge < -0.3 is 10.4 Å². The quantitative estimate of drug-likeness (QED) is 0.486. The number of para-hydroxylation sites is 1. The second kappa shape index (κ2) is 8.70. The van der Waals surface area contributed by atoms with E-state index in [4.69, 9.17) is 0 Å². The topological polar surface area (TPSA) is 125 Å². The Morgan fingerprint density at radius 1 is 0.966 bits per heavy atom. The van der Waals surface area contributed by atoms with Gasteiger partial charge in [0.15, 0.2) is 11.4 Å². The minimum atomic E-state index is -0.757. The molecule has 0 saturated heterocycles. The van der Waals surface area contributed by atoms with E-state index in [0.717, 1.165) is 5.56 Å². The highest BCUT2D eigenvalue weighted by Gasteiger charge is 2.18. The molecule has 9 heteroatoms. The fraction of sp³-hybridized carbons (Fsp3) is 0.100. The highest BCUT2D eigenvalue weighted by molar-refractivity contribution is 5.99. The summed E-state index contributed by atoms with van der Waals surface area (Å²) >= 11 is 0. The molecule has 0 aliphatic rings. The van der Waals surface area contributed by atoms with Gasteiger partial charge in [-0.1, -0.05) is 30.3 Å². The second-order valence-electron chi connectivity index (χ2n) is 6.16. The Balaban J connectivity index is 1.60. The maximum atomic E-state index is 12.2. The summed E-state index contributed by atoms with van der Waals surface area (Å²) in [5.74, 6) is -1.75. The molecule has 0 spiro atoms. The first-order chi connectivity index (χ1) is 13.9. The number of carbonyl (C=O) groups is 3. The van der Waals surface area contributed by atoms with Crippen LogP contribution in [0.2, 0.25) is 0 Å². The number of hydrogen-bond acceptors (Lipinski definition) is 5. The Hall–Kier alpha value is -4.14. The highest BCUT2D eigenvalue weighted by atomic mass is 16.3. The van der Waals surface area contributed by atoms with Gasteiger partial charge in [0.2, 0.25) is 5.91 Å². The monoisotopic (exact) mass is 393 g/mol. The molecule has 0 aliphatic carbocycles. The molecule has 4 N–H and O–H groups in total. The van der Waals surface area contributed by atoms with Crippen molar-refractivity contribution >= 4 is 17.7 Å². The number of amides is 3. The lowest BCUT2D eigenvalue weighted by Gasteiger charge is -2.07. The minimum Gasteiger partial charge on any atom is -0.504 e. The predicted molar refractivity (Wildman–Crippen MR) is 104 cm³/mol. The molecular formula is C20H19N5O4. The van der Waals surface area contributed by atoms with E-state index < -0.39 is 11.8 Å². The molecule has 3 rings (SSSR count). The summed E-state index contributed by atoms with van der Waals surface area (Å²) in [4.78, 5) is 35.4. The van der Waals surface area contributed by atoms with Gasteiger partial charge in [-0.2, -0.15) is 5.10 Å². The molecule has 0 unspecified atom stereocenters. The van der Waals surface area contributed by atoms with E-state index in [9.17, 15) is 19.5 Å². The summed E-state index contributed by atoms with van der Waals surface area (Å²) < 4.78 is 1.36. The van der Waals surface area contributed by atoms with Gasteiger partial charge in [-0.3, -0.25) is 25.2 Å². The van der Waals surface area contributed by atoms with Gasteiger partial charge in [0, 0.05) is 19.0 Å². The Morgan fingerprint density at radius 2 is 1.62 bits per heavy atom. The number of benzene rings is 2. The van der Waals surface area contributed by atoms with Crippen LogP contribution in [0, 0.1) is 0 Å². The zero-order valence-electron chi connectivity index (χ0n) is 15.5. The third-order valence-electron chi connectivity index (χ3n) is 3.98. The summed E-state index contributed by atoms with van der Waals surface area (Å²) in [6.07, 6.45) is 1.31. The van der Waals surface area contributed by atoms with Crippen LogP contribution in [0.3, 0.4) is 0 Å². The first-order valence-electron chi connectivity index (χ1n) is 8.72. The molecule has 9 nitrogen and oxygen atoms in total. The van der Waals surface area contributed by atoms with Gasteiger partial charge in [-0.25, -0.2) is 4.68 Å². The molecular weight excluding hydrogens is 374 g/mol. The maximum Gasteiger partial charge on any atom is 0.294 e. The number of nitrogens with zero attached hydrogens (tertiary/aromatic N) is 2. The normalized spacial score (nSPS) is 10.2. The summed E-state index contributed by atoms with van der Waals surface area (Å²) in [7, 11) is 0. The molecule has 0 fully saturated rings. The van der Waals surface area contributed by atoms with Crippen LogP contribution in [0.1, 0.15) is 33.3 Å². The number of aromatic nitrogens is 2. The third kappa shape index (κ3) is 4.98. The SMILES string of the molecule is CC(=O)NCc1ccc(C(=O)NNC(=O)c2nn(-c3ccccc3)cc2O)cc1. The Bertz CT molecular complexity index is 1030. The summed E-state index contributed by atoms with van der Waals surface area (Å²) in [5, 5.41) is 16.7. The van der Waals surface area contributed by atoms with Gasteiger partial charge in [0.25, 0.3) is 11.8 Å². The second-order valence-corrected chi connectivity index (χ2v) is 6.16. The fourth-order valence-corrected chi connectivity index (χ4v) is 2.48. The van der Waals surface area contributed by atoms with Crippen molar-refractivity contribution in [3.63, 3.8) is 0 Å². The van der Waals surface area contributed by atoms with Crippen molar-refractivity contribution in [2.45, 2.75) is 13.5 Å². The lowest BCUT2D eigenvalue weighted by Crippen LogP contribution is -2.41. The Kier molecular flexibility index (Phi) is 5.88. The van der Waals surface area contributed by atoms with Crippen molar-refractivity contribution in [3.05, 3.63) is 77.6 Å². The standard InChI is InChI=1S/C20H19N5O4/c1-13(26)21-11-14-7-9-15(10-8-14)19(28)22-23-20(29)18-17(27)12-25(24-18)16-5-3-2-4-6-16/h2-10,12,27H,11H2,1H3,(H,21,26)(H,22,28)(H,23,29). The molecule has 0 atom stereocenters. The van der Waals surface area contributed by atoms with Crippen LogP contribution < -0.4 is 16.2 Å². The lowest BCUT2D eigenvalue weighted by atomic mass is 10.1. The van der Waals surface area contributed by atoms with Gasteiger partial charge in [-0.05, 0) is 29.8 Å². The van der Waals surface area contributed by atoms with Crippen molar-refractivity contribution in [3.8, 4) is 11.4 Å². The van der Waals surface area contributed by atoms with Crippen LogP contribution in [0.5, 0.6) is 5.75 Å². The van der Waals surface area contributed by atoms with E-state index in [0.29, 0.717) is 17.8 Å². The minimum absolute atomic E-state index is 0.146. The number of hydrogen-bond donors (Lipinski definition) is 4. The number of rotatable bonds is 5. The van der Waals surface area contributed by atoms with Gasteiger partial charge in [0.05, 0.1) is 11.9 Å². The Labute approximate surface area is 166 Å². The van der Waals surface area contributed by atoms with Crippen LogP contribution in [0.4, 0.5) is 0 Å². The van der Waals surface area contributed by atoms with E-state index in [2.05, 4.69) is 21.3 Å². The molecule has 0 aliphatic heterocycles. The Morgan fingerprint density at radius 3 is 2.28 bits per heavy atom. The first-order valence-corrected chi connectivity index (χ1v) is 8.72. The average Bonchev–Trinajstić information content (AvgIpc) is 3.13. The van der Waals surface area contributed by atoms with Crippen molar-refractivity contribution < 1.29 is 19.5 Å². The van der Waals surface area contributed by atoms with Crippen LogP contribution in [-0.2, 0) is 11.3 Å².